The summed E-state index contributed by atoms with van der Waals surface area (Å²) >= 11 is 0. The van der Waals surface area contributed by atoms with Crippen LogP contribution in [0.25, 0.3) is 10.9 Å². The third kappa shape index (κ3) is 1.82. The normalized spacial score (nSPS) is 9.93. The number of nitrogens with zero attached hydrogens (tertiary/aromatic N) is 1. The van der Waals surface area contributed by atoms with Crippen molar-refractivity contribution in [2.45, 2.75) is 6.92 Å². The minimum absolute atomic E-state index is 0. The van der Waals surface area contributed by atoms with E-state index in [1.165, 1.54) is 6.07 Å². The van der Waals surface area contributed by atoms with Crippen LogP contribution in [0.15, 0.2) is 24.3 Å². The molecule has 0 atom stereocenters. The van der Waals surface area contributed by atoms with Crippen molar-refractivity contribution < 1.29 is 8.78 Å². The summed E-state index contributed by atoms with van der Waals surface area (Å²) in [5.74, 6) is -1.16. The lowest BCUT2D eigenvalue weighted by Crippen LogP contribution is -1.88. The maximum Gasteiger partial charge on any atom is 0.135 e. The fourth-order valence-corrected chi connectivity index (χ4v) is 1.26. The molecule has 0 fully saturated rings. The van der Waals surface area contributed by atoms with Crippen molar-refractivity contribution in [1.82, 2.24) is 4.98 Å². The van der Waals surface area contributed by atoms with Crippen molar-refractivity contribution in [2.75, 3.05) is 0 Å². The Morgan fingerprint density at radius 2 is 1.86 bits per heavy atom. The van der Waals surface area contributed by atoms with E-state index in [1.54, 1.807) is 19.1 Å². The maximum atomic E-state index is 13.1. The van der Waals surface area contributed by atoms with Gasteiger partial charge >= 0.3 is 0 Å². The lowest BCUT2D eigenvalue weighted by molar-refractivity contribution is 0.591. The highest BCUT2D eigenvalue weighted by Crippen LogP contribution is 2.17. The van der Waals surface area contributed by atoms with Crippen LogP contribution in [0.3, 0.4) is 0 Å². The van der Waals surface area contributed by atoms with Gasteiger partial charge in [-0.3, -0.25) is 4.98 Å². The van der Waals surface area contributed by atoms with E-state index in [4.69, 9.17) is 0 Å². The van der Waals surface area contributed by atoms with E-state index in [-0.39, 0.29) is 12.4 Å². The van der Waals surface area contributed by atoms with Gasteiger partial charge in [-0.15, -0.1) is 12.4 Å². The van der Waals surface area contributed by atoms with Crippen LogP contribution >= 0.6 is 12.4 Å². The lowest BCUT2D eigenvalue weighted by Gasteiger charge is -1.99. The van der Waals surface area contributed by atoms with Gasteiger partial charge in [-0.2, -0.15) is 0 Å². The molecule has 0 unspecified atom stereocenters. The van der Waals surface area contributed by atoms with Crippen molar-refractivity contribution >= 4 is 23.3 Å². The number of halogens is 3. The number of benzene rings is 1. The number of rotatable bonds is 0. The molecule has 0 N–H and O–H groups in total. The molecule has 1 aromatic carbocycles. The van der Waals surface area contributed by atoms with Crippen LogP contribution in [0, 0.1) is 18.6 Å². The summed E-state index contributed by atoms with van der Waals surface area (Å²) in [6.45, 7) is 1.78. The van der Waals surface area contributed by atoms with Crippen LogP contribution in [0.4, 0.5) is 8.78 Å². The van der Waals surface area contributed by atoms with Crippen LogP contribution in [0.5, 0.6) is 0 Å². The summed E-state index contributed by atoms with van der Waals surface area (Å²) in [6, 6.07) is 5.39. The largest absolute Gasteiger partial charge is 0.253 e. The number of aromatic nitrogens is 1. The second-order valence-corrected chi connectivity index (χ2v) is 2.91. The van der Waals surface area contributed by atoms with Gasteiger partial charge in [-0.1, -0.05) is 0 Å². The van der Waals surface area contributed by atoms with Crippen LogP contribution in [0.1, 0.15) is 5.69 Å². The second-order valence-electron chi connectivity index (χ2n) is 2.91. The van der Waals surface area contributed by atoms with E-state index in [0.29, 0.717) is 10.9 Å². The predicted molar refractivity (Wildman–Crippen MR) is 53.6 cm³/mol. The maximum absolute atomic E-state index is 13.1. The van der Waals surface area contributed by atoms with Crippen molar-refractivity contribution in [3.05, 3.63) is 41.6 Å². The molecule has 0 aliphatic heterocycles. The monoisotopic (exact) mass is 215 g/mol. The Hall–Kier alpha value is -1.22. The van der Waals surface area contributed by atoms with Gasteiger partial charge in [0.2, 0.25) is 0 Å². The quantitative estimate of drug-likeness (QED) is 0.658. The number of hydrogen-bond acceptors (Lipinski definition) is 1. The molecule has 2 rings (SSSR count). The van der Waals surface area contributed by atoms with Gasteiger partial charge in [-0.05, 0) is 19.1 Å². The Morgan fingerprint density at radius 1 is 1.14 bits per heavy atom. The van der Waals surface area contributed by atoms with Crippen molar-refractivity contribution in [3.63, 3.8) is 0 Å². The number of fused-ring (bicyclic) bond motifs is 1. The first kappa shape index (κ1) is 10.9. The molecule has 4 heteroatoms. The summed E-state index contributed by atoms with van der Waals surface area (Å²) in [5.41, 5.74) is 1.11. The third-order valence-electron chi connectivity index (χ3n) is 1.86. The molecule has 1 aromatic heterocycles. The summed E-state index contributed by atoms with van der Waals surface area (Å²) < 4.78 is 25.8. The second kappa shape index (κ2) is 3.88. The van der Waals surface area contributed by atoms with Crippen LogP contribution < -0.4 is 0 Å². The highest BCUT2D eigenvalue weighted by atomic mass is 35.5. The van der Waals surface area contributed by atoms with Gasteiger partial charge < -0.3 is 0 Å². The zero-order valence-electron chi connectivity index (χ0n) is 7.42. The molecule has 0 saturated carbocycles. The summed E-state index contributed by atoms with van der Waals surface area (Å²) in [6.07, 6.45) is 0. The average molecular weight is 216 g/mol. The Bertz CT molecular complexity index is 466. The molecule has 0 amide bonds. The highest BCUT2D eigenvalue weighted by Gasteiger charge is 2.04. The Kier molecular flexibility index (Phi) is 3.01. The van der Waals surface area contributed by atoms with Gasteiger partial charge in [0, 0.05) is 23.2 Å². The Labute approximate surface area is 86.2 Å². The molecule has 0 aliphatic rings. The van der Waals surface area contributed by atoms with E-state index in [0.717, 1.165) is 11.8 Å². The molecular formula is C10H8ClF2N. The Balaban J connectivity index is 0.000000980. The zero-order valence-corrected chi connectivity index (χ0v) is 8.24. The van der Waals surface area contributed by atoms with Gasteiger partial charge in [0.1, 0.15) is 11.6 Å². The lowest BCUT2D eigenvalue weighted by atomic mass is 10.2. The molecular weight excluding hydrogens is 208 g/mol. The molecule has 0 radical (unpaired) electrons. The van der Waals surface area contributed by atoms with E-state index in [2.05, 4.69) is 4.98 Å². The predicted octanol–water partition coefficient (Wildman–Crippen LogP) is 3.24. The first-order valence-corrected chi connectivity index (χ1v) is 3.89. The van der Waals surface area contributed by atoms with E-state index in [9.17, 15) is 8.78 Å². The number of aryl methyl sites for hydroxylation is 1. The highest BCUT2D eigenvalue weighted by molar-refractivity contribution is 5.85. The minimum Gasteiger partial charge on any atom is -0.253 e. The molecule has 74 valence electrons. The minimum atomic E-state index is -0.594. The first-order valence-electron chi connectivity index (χ1n) is 3.89. The number of hydrogen-bond donors (Lipinski definition) is 0. The van der Waals surface area contributed by atoms with Gasteiger partial charge in [0.05, 0.1) is 5.52 Å². The van der Waals surface area contributed by atoms with Gasteiger partial charge in [-0.25, -0.2) is 8.78 Å². The van der Waals surface area contributed by atoms with E-state index >= 15 is 0 Å². The van der Waals surface area contributed by atoms with Crippen LogP contribution in [0.2, 0.25) is 0 Å². The van der Waals surface area contributed by atoms with Crippen molar-refractivity contribution in [2.24, 2.45) is 0 Å². The third-order valence-corrected chi connectivity index (χ3v) is 1.86. The molecule has 0 saturated heterocycles. The van der Waals surface area contributed by atoms with Crippen molar-refractivity contribution in [3.8, 4) is 0 Å². The van der Waals surface area contributed by atoms with Crippen molar-refractivity contribution in [1.29, 1.82) is 0 Å². The fraction of sp³-hybridized carbons (Fsp3) is 0.100. The molecule has 14 heavy (non-hydrogen) atoms. The van der Waals surface area contributed by atoms with E-state index < -0.39 is 11.6 Å². The Morgan fingerprint density at radius 3 is 2.57 bits per heavy atom. The fourth-order valence-electron chi connectivity index (χ4n) is 1.26. The number of pyridine rings is 1. The summed E-state index contributed by atoms with van der Waals surface area (Å²) in [7, 11) is 0. The average Bonchev–Trinajstić information content (AvgIpc) is 2.02. The SMILES string of the molecule is Cc1ccc2c(F)cc(F)cc2n1.Cl. The first-order chi connectivity index (χ1) is 6.16. The molecule has 2 aromatic rings. The zero-order chi connectivity index (χ0) is 9.42. The van der Waals surface area contributed by atoms with E-state index in [1.807, 2.05) is 0 Å². The topological polar surface area (TPSA) is 12.9 Å². The molecule has 0 aliphatic carbocycles. The van der Waals surface area contributed by atoms with Gasteiger partial charge in [0.15, 0.2) is 0 Å². The molecule has 1 nitrogen and oxygen atoms in total. The molecule has 1 heterocycles. The summed E-state index contributed by atoms with van der Waals surface area (Å²) in [4.78, 5) is 4.02. The summed E-state index contributed by atoms with van der Waals surface area (Å²) in [5, 5.41) is 0.354. The van der Waals surface area contributed by atoms with Gasteiger partial charge in [0.25, 0.3) is 0 Å². The molecule has 0 bridgehead atoms. The van der Waals surface area contributed by atoms with Crippen LogP contribution in [-0.2, 0) is 0 Å². The molecule has 0 spiro atoms. The standard InChI is InChI=1S/C10H7F2N.ClH/c1-6-2-3-8-9(12)4-7(11)5-10(8)13-6;/h2-5H,1H3;1H. The van der Waals surface area contributed by atoms with Crippen LogP contribution in [-0.4, -0.2) is 4.98 Å². The smallest absolute Gasteiger partial charge is 0.135 e.